The van der Waals surface area contributed by atoms with Crippen LogP contribution in [0.4, 0.5) is 11.5 Å². The Kier molecular flexibility index (Phi) is 7.97. The molecule has 0 spiro atoms. The van der Waals surface area contributed by atoms with E-state index in [2.05, 4.69) is 20.3 Å². The van der Waals surface area contributed by atoms with Crippen molar-refractivity contribution in [3.8, 4) is 0 Å². The lowest BCUT2D eigenvalue weighted by atomic mass is 10.0. The molecule has 12 heteroatoms. The van der Waals surface area contributed by atoms with Crippen LogP contribution in [-0.4, -0.2) is 95.1 Å². The molecule has 0 radical (unpaired) electrons. The molecule has 5 rings (SSSR count). The van der Waals surface area contributed by atoms with Gasteiger partial charge in [-0.05, 0) is 37.1 Å². The van der Waals surface area contributed by atoms with E-state index >= 15 is 0 Å². The monoisotopic (exact) mass is 545 g/mol. The van der Waals surface area contributed by atoms with E-state index in [-0.39, 0.29) is 30.9 Å². The van der Waals surface area contributed by atoms with Gasteiger partial charge in [0, 0.05) is 54.2 Å². The van der Waals surface area contributed by atoms with Gasteiger partial charge < -0.3 is 29.7 Å². The number of anilines is 2. The molecular formula is C25H29Cl2N7O3. The quantitative estimate of drug-likeness (QED) is 0.469. The Morgan fingerprint density at radius 1 is 1.08 bits per heavy atom. The van der Waals surface area contributed by atoms with Crippen LogP contribution in [0.25, 0.3) is 11.0 Å². The van der Waals surface area contributed by atoms with E-state index in [9.17, 15) is 9.59 Å². The summed E-state index contributed by atoms with van der Waals surface area (Å²) >= 11 is 12.2. The minimum Gasteiger partial charge on any atom is -0.378 e. The number of fused-ring (bicyclic) bond motifs is 1. The van der Waals surface area contributed by atoms with Crippen molar-refractivity contribution in [1.29, 1.82) is 0 Å². The Labute approximate surface area is 224 Å². The highest BCUT2D eigenvalue weighted by molar-refractivity contribution is 6.35. The number of benzene rings is 1. The van der Waals surface area contributed by atoms with Crippen molar-refractivity contribution in [3.05, 3.63) is 46.8 Å². The van der Waals surface area contributed by atoms with E-state index in [1.54, 1.807) is 18.2 Å². The number of hydrogen-bond donors (Lipinski definition) is 2. The summed E-state index contributed by atoms with van der Waals surface area (Å²) in [6.45, 7) is 3.66. The number of rotatable bonds is 7. The smallest absolute Gasteiger partial charge is 0.242 e. The number of ether oxygens (including phenoxy) is 1. The zero-order chi connectivity index (χ0) is 25.8. The maximum atomic E-state index is 13.3. The first kappa shape index (κ1) is 25.6. The van der Waals surface area contributed by atoms with Crippen LogP contribution in [0, 0.1) is 0 Å². The number of halogens is 2. The van der Waals surface area contributed by atoms with E-state index in [1.807, 2.05) is 27.0 Å². The molecule has 1 unspecified atom stereocenters. The van der Waals surface area contributed by atoms with Crippen molar-refractivity contribution in [2.24, 2.45) is 0 Å². The Hall–Kier alpha value is -3.08. The molecule has 3 aromatic rings. The van der Waals surface area contributed by atoms with Crippen LogP contribution in [0.1, 0.15) is 12.8 Å². The van der Waals surface area contributed by atoms with Crippen LogP contribution >= 0.6 is 23.2 Å². The summed E-state index contributed by atoms with van der Waals surface area (Å²) in [5.74, 6) is 0.683. The van der Waals surface area contributed by atoms with Gasteiger partial charge in [0.05, 0.1) is 31.7 Å². The van der Waals surface area contributed by atoms with E-state index in [1.165, 1.54) is 6.33 Å². The molecule has 0 aliphatic carbocycles. The van der Waals surface area contributed by atoms with Gasteiger partial charge in [-0.15, -0.1) is 0 Å². The molecule has 10 nitrogen and oxygen atoms in total. The SMILES string of the molecule is O=C(CN(c1ncnc2[nH]ccc12)C1CCCN(C(=O)CNc2cc(Cl)cc(Cl)c2)C1)N1CCOCC1. The van der Waals surface area contributed by atoms with Gasteiger partial charge in [-0.3, -0.25) is 9.59 Å². The third kappa shape index (κ3) is 6.08. The fraction of sp³-hybridized carbons (Fsp3) is 0.440. The Morgan fingerprint density at radius 2 is 1.86 bits per heavy atom. The van der Waals surface area contributed by atoms with Gasteiger partial charge in [0.15, 0.2) is 0 Å². The minimum absolute atomic E-state index is 0.0218. The van der Waals surface area contributed by atoms with Crippen LogP contribution in [0.3, 0.4) is 0 Å². The van der Waals surface area contributed by atoms with Gasteiger partial charge >= 0.3 is 0 Å². The van der Waals surface area contributed by atoms with E-state index in [0.717, 1.165) is 18.2 Å². The highest BCUT2D eigenvalue weighted by Gasteiger charge is 2.32. The van der Waals surface area contributed by atoms with Gasteiger partial charge in [0.2, 0.25) is 11.8 Å². The number of carbonyl (C=O) groups excluding carboxylic acids is 2. The lowest BCUT2D eigenvalue weighted by Gasteiger charge is -2.40. The Bertz CT molecular complexity index is 1240. The van der Waals surface area contributed by atoms with Crippen molar-refractivity contribution < 1.29 is 14.3 Å². The highest BCUT2D eigenvalue weighted by atomic mass is 35.5. The van der Waals surface area contributed by atoms with Crippen LogP contribution in [0.15, 0.2) is 36.8 Å². The molecular weight excluding hydrogens is 517 g/mol. The Balaban J connectivity index is 1.33. The molecule has 2 N–H and O–H groups in total. The number of amides is 2. The molecule has 0 bridgehead atoms. The largest absolute Gasteiger partial charge is 0.378 e. The highest BCUT2D eigenvalue weighted by Crippen LogP contribution is 2.28. The number of carbonyl (C=O) groups is 2. The van der Waals surface area contributed by atoms with Crippen LogP contribution < -0.4 is 10.2 Å². The van der Waals surface area contributed by atoms with Crippen molar-refractivity contribution in [1.82, 2.24) is 24.8 Å². The van der Waals surface area contributed by atoms with E-state index in [0.29, 0.717) is 66.6 Å². The summed E-state index contributed by atoms with van der Waals surface area (Å²) in [6, 6.07) is 6.96. The summed E-state index contributed by atoms with van der Waals surface area (Å²) in [5, 5.41) is 4.98. The first-order valence-electron chi connectivity index (χ1n) is 12.4. The number of piperidine rings is 1. The Morgan fingerprint density at radius 3 is 2.65 bits per heavy atom. The number of likely N-dealkylation sites (tertiary alicyclic amines) is 1. The zero-order valence-corrected chi connectivity index (χ0v) is 21.8. The second-order valence-electron chi connectivity index (χ2n) is 9.21. The number of aromatic nitrogens is 3. The molecule has 0 saturated carbocycles. The molecule has 2 fully saturated rings. The summed E-state index contributed by atoms with van der Waals surface area (Å²) in [4.78, 5) is 44.2. The van der Waals surface area contributed by atoms with E-state index in [4.69, 9.17) is 27.9 Å². The standard InChI is InChI=1S/C25H29Cl2N7O3/c26-17-10-18(27)12-19(11-17)29-13-22(35)33-5-1-2-20(14-33)34(15-23(36)32-6-8-37-9-7-32)25-21-3-4-28-24(21)30-16-31-25/h3-4,10-12,16,20,29H,1-2,5-9,13-15H2,(H,28,30,31). The van der Waals surface area contributed by atoms with Crippen LogP contribution in [0.2, 0.25) is 10.0 Å². The predicted octanol–water partition coefficient (Wildman–Crippen LogP) is 3.03. The van der Waals surface area contributed by atoms with Crippen LogP contribution in [-0.2, 0) is 14.3 Å². The summed E-state index contributed by atoms with van der Waals surface area (Å²) in [6.07, 6.45) is 4.98. The topological polar surface area (TPSA) is 107 Å². The summed E-state index contributed by atoms with van der Waals surface area (Å²) in [7, 11) is 0. The maximum absolute atomic E-state index is 13.3. The average molecular weight is 546 g/mol. The van der Waals surface area contributed by atoms with Gasteiger partial charge in [0.1, 0.15) is 17.8 Å². The third-order valence-electron chi connectivity index (χ3n) is 6.77. The molecule has 2 aliphatic rings. The molecule has 2 aromatic heterocycles. The molecule has 2 saturated heterocycles. The second-order valence-corrected chi connectivity index (χ2v) is 10.1. The summed E-state index contributed by atoms with van der Waals surface area (Å²) in [5.41, 5.74) is 1.40. The number of morpholine rings is 1. The van der Waals surface area contributed by atoms with Crippen LogP contribution in [0.5, 0.6) is 0 Å². The number of aromatic amines is 1. The first-order chi connectivity index (χ1) is 18.0. The van der Waals surface area contributed by atoms with Crippen molar-refractivity contribution >= 4 is 57.6 Å². The van der Waals surface area contributed by atoms with Gasteiger partial charge in [0.25, 0.3) is 0 Å². The fourth-order valence-electron chi connectivity index (χ4n) is 4.90. The molecule has 1 aromatic carbocycles. The molecule has 1 atom stereocenters. The minimum atomic E-state index is -0.0729. The molecule has 4 heterocycles. The molecule has 2 aliphatic heterocycles. The lowest BCUT2D eigenvalue weighted by Crippen LogP contribution is -2.54. The predicted molar refractivity (Wildman–Crippen MR) is 143 cm³/mol. The van der Waals surface area contributed by atoms with Gasteiger partial charge in [-0.25, -0.2) is 9.97 Å². The average Bonchev–Trinajstić information content (AvgIpc) is 3.40. The first-order valence-corrected chi connectivity index (χ1v) is 13.1. The van der Waals surface area contributed by atoms with Crippen molar-refractivity contribution in [2.75, 3.05) is 62.7 Å². The zero-order valence-electron chi connectivity index (χ0n) is 20.3. The number of nitrogens with zero attached hydrogens (tertiary/aromatic N) is 5. The summed E-state index contributed by atoms with van der Waals surface area (Å²) < 4.78 is 5.41. The third-order valence-corrected chi connectivity index (χ3v) is 7.21. The normalized spacial score (nSPS) is 18.2. The second kappa shape index (κ2) is 11.5. The van der Waals surface area contributed by atoms with Gasteiger partial charge in [-0.1, -0.05) is 23.2 Å². The molecule has 196 valence electrons. The number of hydrogen-bond acceptors (Lipinski definition) is 7. The maximum Gasteiger partial charge on any atom is 0.242 e. The lowest BCUT2D eigenvalue weighted by molar-refractivity contribution is -0.133. The number of nitrogens with one attached hydrogen (secondary N) is 2. The van der Waals surface area contributed by atoms with Gasteiger partial charge in [-0.2, -0.15) is 0 Å². The fourth-order valence-corrected chi connectivity index (χ4v) is 5.43. The number of H-pyrrole nitrogens is 1. The molecule has 37 heavy (non-hydrogen) atoms. The molecule has 2 amide bonds. The van der Waals surface area contributed by atoms with E-state index < -0.39 is 0 Å². The van der Waals surface area contributed by atoms with Crippen molar-refractivity contribution in [3.63, 3.8) is 0 Å². The van der Waals surface area contributed by atoms with Crippen molar-refractivity contribution in [2.45, 2.75) is 18.9 Å².